The van der Waals surface area contributed by atoms with Gasteiger partial charge in [-0.25, -0.2) is 0 Å². The zero-order chi connectivity index (χ0) is 12.5. The summed E-state index contributed by atoms with van der Waals surface area (Å²) in [7, 11) is 0. The number of carbonyl (C=O) groups is 1. The lowest BCUT2D eigenvalue weighted by Crippen LogP contribution is -2.53. The van der Waals surface area contributed by atoms with Gasteiger partial charge < -0.3 is 10.6 Å². The molecule has 2 N–H and O–H groups in total. The molecule has 1 saturated heterocycles. The van der Waals surface area contributed by atoms with E-state index >= 15 is 0 Å². The van der Waals surface area contributed by atoms with Gasteiger partial charge in [0.25, 0.3) is 0 Å². The molecular weight excluding hydrogens is 212 g/mol. The summed E-state index contributed by atoms with van der Waals surface area (Å²) in [6, 6.07) is 0. The van der Waals surface area contributed by atoms with Crippen molar-refractivity contribution in [2.45, 2.75) is 64.3 Å². The summed E-state index contributed by atoms with van der Waals surface area (Å²) in [5.74, 6) is 0.221. The second-order valence-corrected chi connectivity index (χ2v) is 6.05. The van der Waals surface area contributed by atoms with E-state index in [1.807, 2.05) is 4.90 Å². The first-order chi connectivity index (χ1) is 8.05. The number of nitrogens with two attached hydrogens (primary N) is 1. The van der Waals surface area contributed by atoms with Crippen LogP contribution in [0.2, 0.25) is 0 Å². The van der Waals surface area contributed by atoms with Crippen LogP contribution in [0.15, 0.2) is 0 Å². The summed E-state index contributed by atoms with van der Waals surface area (Å²) in [6.07, 6.45) is 7.49. The van der Waals surface area contributed by atoms with Crippen LogP contribution in [0.4, 0.5) is 0 Å². The van der Waals surface area contributed by atoms with Gasteiger partial charge >= 0.3 is 0 Å². The second kappa shape index (κ2) is 4.60. The van der Waals surface area contributed by atoms with Crippen LogP contribution >= 0.6 is 0 Å². The molecule has 0 atom stereocenters. The summed E-state index contributed by atoms with van der Waals surface area (Å²) in [4.78, 5) is 14.5. The fourth-order valence-electron chi connectivity index (χ4n) is 3.47. The monoisotopic (exact) mass is 238 g/mol. The average Bonchev–Trinajstić information content (AvgIpc) is 2.96. The van der Waals surface area contributed by atoms with Crippen LogP contribution in [0.25, 0.3) is 0 Å². The Morgan fingerprint density at radius 1 is 1.18 bits per heavy atom. The molecule has 3 nitrogen and oxygen atoms in total. The van der Waals surface area contributed by atoms with Crippen LogP contribution in [0, 0.1) is 5.41 Å². The summed E-state index contributed by atoms with van der Waals surface area (Å²) in [5, 5.41) is 0. The van der Waals surface area contributed by atoms with Gasteiger partial charge in [-0.2, -0.15) is 0 Å². The summed E-state index contributed by atoms with van der Waals surface area (Å²) >= 11 is 0. The van der Waals surface area contributed by atoms with Crippen molar-refractivity contribution in [3.8, 4) is 0 Å². The number of carbonyl (C=O) groups excluding carboxylic acids is 1. The van der Waals surface area contributed by atoms with Crippen LogP contribution < -0.4 is 5.73 Å². The normalized spacial score (nSPS) is 26.4. The van der Waals surface area contributed by atoms with Crippen molar-refractivity contribution in [1.29, 1.82) is 0 Å². The number of nitrogens with zero attached hydrogens (tertiary/aromatic N) is 1. The Morgan fingerprint density at radius 3 is 2.24 bits per heavy atom. The topological polar surface area (TPSA) is 46.3 Å². The highest BCUT2D eigenvalue weighted by atomic mass is 16.2. The molecule has 2 fully saturated rings. The van der Waals surface area contributed by atoms with Gasteiger partial charge in [-0.3, -0.25) is 4.79 Å². The van der Waals surface area contributed by atoms with Crippen molar-refractivity contribution in [3.05, 3.63) is 0 Å². The van der Waals surface area contributed by atoms with Gasteiger partial charge in [0.15, 0.2) is 0 Å². The van der Waals surface area contributed by atoms with Gasteiger partial charge in [-0.15, -0.1) is 0 Å². The number of rotatable bonds is 3. The Kier molecular flexibility index (Phi) is 3.48. The molecule has 0 aromatic heterocycles. The third kappa shape index (κ3) is 2.22. The SMILES string of the molecule is CCC1(CC)CCN(C(=O)C2(N)CCCC2)C1. The lowest BCUT2D eigenvalue weighted by atomic mass is 9.82. The summed E-state index contributed by atoms with van der Waals surface area (Å²) in [6.45, 7) is 6.33. The van der Waals surface area contributed by atoms with Crippen molar-refractivity contribution in [3.63, 3.8) is 0 Å². The van der Waals surface area contributed by atoms with E-state index in [1.54, 1.807) is 0 Å². The third-order valence-electron chi connectivity index (χ3n) is 5.15. The molecule has 0 spiro atoms. The first-order valence-corrected chi connectivity index (χ1v) is 7.13. The van der Waals surface area contributed by atoms with Crippen molar-refractivity contribution < 1.29 is 4.79 Å². The maximum absolute atomic E-state index is 12.5. The molecule has 1 amide bonds. The van der Waals surface area contributed by atoms with E-state index in [4.69, 9.17) is 5.73 Å². The van der Waals surface area contributed by atoms with E-state index in [1.165, 1.54) is 12.8 Å². The molecule has 2 rings (SSSR count). The molecule has 3 heteroatoms. The Labute approximate surface area is 105 Å². The average molecular weight is 238 g/mol. The molecule has 0 bridgehead atoms. The molecule has 1 aliphatic carbocycles. The quantitative estimate of drug-likeness (QED) is 0.820. The minimum Gasteiger partial charge on any atom is -0.341 e. The molecule has 1 saturated carbocycles. The lowest BCUT2D eigenvalue weighted by molar-refractivity contribution is -0.136. The van der Waals surface area contributed by atoms with Gasteiger partial charge in [-0.05, 0) is 37.5 Å². The molecule has 0 aromatic carbocycles. The minimum absolute atomic E-state index is 0.221. The molecule has 2 aliphatic rings. The Hall–Kier alpha value is -0.570. The van der Waals surface area contributed by atoms with Crippen LogP contribution in [-0.2, 0) is 4.79 Å². The highest BCUT2D eigenvalue weighted by Gasteiger charge is 2.44. The largest absolute Gasteiger partial charge is 0.341 e. The van der Waals surface area contributed by atoms with Crippen molar-refractivity contribution in [2.75, 3.05) is 13.1 Å². The van der Waals surface area contributed by atoms with Crippen molar-refractivity contribution >= 4 is 5.91 Å². The zero-order valence-electron chi connectivity index (χ0n) is 11.3. The van der Waals surface area contributed by atoms with Crippen LogP contribution in [0.3, 0.4) is 0 Å². The Bertz CT molecular complexity index is 291. The maximum atomic E-state index is 12.5. The van der Waals surface area contributed by atoms with E-state index in [-0.39, 0.29) is 5.91 Å². The van der Waals surface area contributed by atoms with Gasteiger partial charge in [0.1, 0.15) is 0 Å². The van der Waals surface area contributed by atoms with Gasteiger partial charge in [0.2, 0.25) is 5.91 Å². The fraction of sp³-hybridized carbons (Fsp3) is 0.929. The number of amides is 1. The van der Waals surface area contributed by atoms with E-state index in [0.717, 1.165) is 45.2 Å². The van der Waals surface area contributed by atoms with E-state index in [9.17, 15) is 4.79 Å². The van der Waals surface area contributed by atoms with Crippen molar-refractivity contribution in [1.82, 2.24) is 4.90 Å². The molecule has 17 heavy (non-hydrogen) atoms. The predicted molar refractivity (Wildman–Crippen MR) is 69.6 cm³/mol. The number of hydrogen-bond donors (Lipinski definition) is 1. The lowest BCUT2D eigenvalue weighted by Gasteiger charge is -2.31. The van der Waals surface area contributed by atoms with Crippen LogP contribution in [0.5, 0.6) is 0 Å². The predicted octanol–water partition coefficient (Wildman–Crippen LogP) is 2.30. The molecule has 1 aliphatic heterocycles. The first-order valence-electron chi connectivity index (χ1n) is 7.13. The molecule has 0 unspecified atom stereocenters. The summed E-state index contributed by atoms with van der Waals surface area (Å²) < 4.78 is 0. The molecule has 0 radical (unpaired) electrons. The summed E-state index contributed by atoms with van der Waals surface area (Å²) in [5.41, 5.74) is 6.10. The highest BCUT2D eigenvalue weighted by molar-refractivity contribution is 5.86. The van der Waals surface area contributed by atoms with Crippen molar-refractivity contribution in [2.24, 2.45) is 11.1 Å². The van der Waals surface area contributed by atoms with Crippen LogP contribution in [0.1, 0.15) is 58.8 Å². The Morgan fingerprint density at radius 2 is 1.76 bits per heavy atom. The standard InChI is InChI=1S/C14H26N2O/c1-3-13(4-2)9-10-16(11-13)12(17)14(15)7-5-6-8-14/h3-11,15H2,1-2H3. The number of likely N-dealkylation sites (tertiary alicyclic amines) is 1. The van der Waals surface area contributed by atoms with Crippen LogP contribution in [-0.4, -0.2) is 29.4 Å². The molecule has 1 heterocycles. The third-order valence-corrected chi connectivity index (χ3v) is 5.15. The van der Waals surface area contributed by atoms with Gasteiger partial charge in [0.05, 0.1) is 5.54 Å². The molecule has 98 valence electrons. The molecular formula is C14H26N2O. The Balaban J connectivity index is 2.03. The molecule has 0 aromatic rings. The van der Waals surface area contributed by atoms with E-state index in [2.05, 4.69) is 13.8 Å². The van der Waals surface area contributed by atoms with Gasteiger partial charge in [-0.1, -0.05) is 26.7 Å². The second-order valence-electron chi connectivity index (χ2n) is 6.05. The van der Waals surface area contributed by atoms with E-state index in [0.29, 0.717) is 5.41 Å². The first kappa shape index (κ1) is 12.9. The minimum atomic E-state index is -0.530. The zero-order valence-corrected chi connectivity index (χ0v) is 11.3. The maximum Gasteiger partial charge on any atom is 0.242 e. The smallest absolute Gasteiger partial charge is 0.242 e. The fourth-order valence-corrected chi connectivity index (χ4v) is 3.47. The van der Waals surface area contributed by atoms with E-state index < -0.39 is 5.54 Å². The number of hydrogen-bond acceptors (Lipinski definition) is 2. The highest BCUT2D eigenvalue weighted by Crippen LogP contribution is 2.39. The van der Waals surface area contributed by atoms with Gasteiger partial charge in [0, 0.05) is 13.1 Å².